The molecule has 0 N–H and O–H groups in total. The van der Waals surface area contributed by atoms with Crippen LogP contribution in [0.15, 0.2) is 48.7 Å². The number of para-hydroxylation sites is 1. The predicted octanol–water partition coefficient (Wildman–Crippen LogP) is 3.94. The summed E-state index contributed by atoms with van der Waals surface area (Å²) in [5, 5.41) is 4.87. The van der Waals surface area contributed by atoms with Crippen LogP contribution in [-0.2, 0) is 11.3 Å². The van der Waals surface area contributed by atoms with Crippen molar-refractivity contribution in [1.29, 1.82) is 0 Å². The van der Waals surface area contributed by atoms with E-state index in [2.05, 4.69) is 10.1 Å². The normalized spacial score (nSPS) is 10.5. The summed E-state index contributed by atoms with van der Waals surface area (Å²) in [4.78, 5) is 16.4. The standard InChI is InChI=1S/C17H13Cl2N3O3/c1-24-14-9-22(11-5-3-2-4-6-11)21-16(14)17(23)25-10-13-12(18)7-8-15(19)20-13/h2-9H,10H2,1H3. The number of halogens is 2. The number of benzene rings is 1. The van der Waals surface area contributed by atoms with Gasteiger partial charge in [-0.15, -0.1) is 0 Å². The van der Waals surface area contributed by atoms with Crippen molar-refractivity contribution in [2.45, 2.75) is 6.61 Å². The molecule has 2 aromatic heterocycles. The second kappa shape index (κ2) is 7.55. The van der Waals surface area contributed by atoms with E-state index in [1.807, 2.05) is 30.3 Å². The Balaban J connectivity index is 1.80. The number of pyridine rings is 1. The van der Waals surface area contributed by atoms with Gasteiger partial charge in [-0.2, -0.15) is 5.10 Å². The third-order valence-electron chi connectivity index (χ3n) is 3.34. The Bertz CT molecular complexity index is 897. The molecule has 0 aliphatic rings. The van der Waals surface area contributed by atoms with Crippen molar-refractivity contribution >= 4 is 29.2 Å². The fourth-order valence-electron chi connectivity index (χ4n) is 2.12. The lowest BCUT2D eigenvalue weighted by Gasteiger charge is -2.05. The van der Waals surface area contributed by atoms with Crippen molar-refractivity contribution in [2.75, 3.05) is 7.11 Å². The van der Waals surface area contributed by atoms with Crippen LogP contribution in [0.25, 0.3) is 5.69 Å². The summed E-state index contributed by atoms with van der Waals surface area (Å²) in [7, 11) is 1.46. The highest BCUT2D eigenvalue weighted by molar-refractivity contribution is 6.32. The van der Waals surface area contributed by atoms with Crippen LogP contribution in [0.5, 0.6) is 5.75 Å². The lowest BCUT2D eigenvalue weighted by molar-refractivity contribution is 0.0457. The van der Waals surface area contributed by atoms with Crippen molar-refractivity contribution in [3.8, 4) is 11.4 Å². The largest absolute Gasteiger partial charge is 0.493 e. The molecule has 2 heterocycles. The van der Waals surface area contributed by atoms with Gasteiger partial charge in [0.15, 0.2) is 5.75 Å². The molecule has 3 rings (SSSR count). The van der Waals surface area contributed by atoms with E-state index >= 15 is 0 Å². The van der Waals surface area contributed by atoms with Gasteiger partial charge in [-0.1, -0.05) is 41.4 Å². The molecule has 0 aliphatic carbocycles. The van der Waals surface area contributed by atoms with E-state index in [0.717, 1.165) is 5.69 Å². The fourth-order valence-corrected chi connectivity index (χ4v) is 2.45. The Kier molecular flexibility index (Phi) is 5.21. The van der Waals surface area contributed by atoms with Gasteiger partial charge in [-0.25, -0.2) is 14.5 Å². The van der Waals surface area contributed by atoms with Crippen LogP contribution in [0, 0.1) is 0 Å². The zero-order valence-corrected chi connectivity index (χ0v) is 14.7. The molecule has 128 valence electrons. The summed E-state index contributed by atoms with van der Waals surface area (Å²) in [6.07, 6.45) is 1.61. The van der Waals surface area contributed by atoms with E-state index in [9.17, 15) is 4.79 Å². The van der Waals surface area contributed by atoms with Gasteiger partial charge >= 0.3 is 5.97 Å². The fraction of sp³-hybridized carbons (Fsp3) is 0.118. The van der Waals surface area contributed by atoms with E-state index in [0.29, 0.717) is 16.5 Å². The SMILES string of the molecule is COc1cn(-c2ccccc2)nc1C(=O)OCc1nc(Cl)ccc1Cl. The van der Waals surface area contributed by atoms with Crippen LogP contribution in [-0.4, -0.2) is 27.8 Å². The summed E-state index contributed by atoms with van der Waals surface area (Å²) in [5.74, 6) is -0.344. The number of methoxy groups -OCH3 is 1. The molecule has 8 heteroatoms. The molecule has 0 saturated carbocycles. The minimum absolute atomic E-state index is 0.0597. The Labute approximate surface area is 153 Å². The molecule has 0 spiro atoms. The summed E-state index contributed by atoms with van der Waals surface area (Å²) in [6, 6.07) is 12.5. The first-order valence-electron chi connectivity index (χ1n) is 7.25. The molecular formula is C17H13Cl2N3O3. The van der Waals surface area contributed by atoms with Crippen LogP contribution in [0.4, 0.5) is 0 Å². The molecule has 0 unspecified atom stereocenters. The van der Waals surface area contributed by atoms with Crippen molar-refractivity contribution in [2.24, 2.45) is 0 Å². The first kappa shape index (κ1) is 17.3. The van der Waals surface area contributed by atoms with Gasteiger partial charge in [0.1, 0.15) is 11.8 Å². The molecule has 25 heavy (non-hydrogen) atoms. The lowest BCUT2D eigenvalue weighted by atomic mass is 10.3. The average Bonchev–Trinajstić information content (AvgIpc) is 3.07. The third-order valence-corrected chi connectivity index (χ3v) is 3.89. The second-order valence-corrected chi connectivity index (χ2v) is 5.76. The van der Waals surface area contributed by atoms with Gasteiger partial charge in [0.25, 0.3) is 0 Å². The van der Waals surface area contributed by atoms with Crippen LogP contribution < -0.4 is 4.74 Å². The molecule has 0 bridgehead atoms. The van der Waals surface area contributed by atoms with E-state index in [1.165, 1.54) is 7.11 Å². The topological polar surface area (TPSA) is 66.2 Å². The summed E-state index contributed by atoms with van der Waals surface area (Å²) < 4.78 is 12.0. The summed E-state index contributed by atoms with van der Waals surface area (Å²) in [6.45, 7) is -0.125. The number of aromatic nitrogens is 3. The molecule has 0 radical (unpaired) electrons. The van der Waals surface area contributed by atoms with Crippen molar-refractivity contribution in [1.82, 2.24) is 14.8 Å². The zero-order valence-electron chi connectivity index (χ0n) is 13.1. The number of hydrogen-bond donors (Lipinski definition) is 0. The molecule has 0 aliphatic heterocycles. The Morgan fingerprint density at radius 1 is 1.16 bits per heavy atom. The number of rotatable bonds is 5. The minimum atomic E-state index is -0.649. The van der Waals surface area contributed by atoms with Crippen molar-refractivity contribution < 1.29 is 14.3 Å². The number of nitrogens with zero attached hydrogens (tertiary/aromatic N) is 3. The van der Waals surface area contributed by atoms with Crippen LogP contribution >= 0.6 is 23.2 Å². The summed E-state index contributed by atoms with van der Waals surface area (Å²) >= 11 is 11.8. The molecular weight excluding hydrogens is 365 g/mol. The molecule has 0 fully saturated rings. The molecule has 3 aromatic rings. The zero-order chi connectivity index (χ0) is 17.8. The highest BCUT2D eigenvalue weighted by Gasteiger charge is 2.20. The molecule has 6 nitrogen and oxygen atoms in total. The van der Waals surface area contributed by atoms with E-state index in [1.54, 1.807) is 23.0 Å². The average molecular weight is 378 g/mol. The molecule has 1 aromatic carbocycles. The first-order chi connectivity index (χ1) is 12.1. The first-order valence-corrected chi connectivity index (χ1v) is 8.01. The minimum Gasteiger partial charge on any atom is -0.493 e. The molecule has 0 amide bonds. The van der Waals surface area contributed by atoms with Crippen molar-refractivity contribution in [3.63, 3.8) is 0 Å². The van der Waals surface area contributed by atoms with Crippen LogP contribution in [0.3, 0.4) is 0 Å². The number of carbonyl (C=O) groups excluding carboxylic acids is 1. The van der Waals surface area contributed by atoms with Gasteiger partial charge in [0.05, 0.1) is 29.7 Å². The highest BCUT2D eigenvalue weighted by atomic mass is 35.5. The third kappa shape index (κ3) is 3.92. The van der Waals surface area contributed by atoms with Gasteiger partial charge < -0.3 is 9.47 Å². The van der Waals surface area contributed by atoms with E-state index in [-0.39, 0.29) is 17.5 Å². The van der Waals surface area contributed by atoms with Gasteiger partial charge in [-0.3, -0.25) is 0 Å². The maximum Gasteiger partial charge on any atom is 0.363 e. The van der Waals surface area contributed by atoms with Crippen molar-refractivity contribution in [3.05, 3.63) is 70.2 Å². The maximum atomic E-state index is 12.4. The predicted molar refractivity (Wildman–Crippen MR) is 93.5 cm³/mol. The quantitative estimate of drug-likeness (QED) is 0.497. The summed E-state index contributed by atoms with van der Waals surface area (Å²) in [5.41, 5.74) is 1.22. The Morgan fingerprint density at radius 3 is 2.64 bits per heavy atom. The van der Waals surface area contributed by atoms with Gasteiger partial charge in [0.2, 0.25) is 5.69 Å². The number of carbonyl (C=O) groups is 1. The monoisotopic (exact) mass is 377 g/mol. The second-order valence-electron chi connectivity index (χ2n) is 4.96. The van der Waals surface area contributed by atoms with Gasteiger partial charge in [-0.05, 0) is 24.3 Å². The highest BCUT2D eigenvalue weighted by Crippen LogP contribution is 2.22. The lowest BCUT2D eigenvalue weighted by Crippen LogP contribution is -2.09. The number of hydrogen-bond acceptors (Lipinski definition) is 5. The van der Waals surface area contributed by atoms with Crippen LogP contribution in [0.1, 0.15) is 16.2 Å². The van der Waals surface area contributed by atoms with E-state index in [4.69, 9.17) is 32.7 Å². The maximum absolute atomic E-state index is 12.4. The van der Waals surface area contributed by atoms with Crippen LogP contribution in [0.2, 0.25) is 10.2 Å². The molecule has 0 atom stereocenters. The van der Waals surface area contributed by atoms with Gasteiger partial charge in [0, 0.05) is 0 Å². The Hall–Kier alpha value is -2.57. The number of ether oxygens (including phenoxy) is 2. The molecule has 0 saturated heterocycles. The number of esters is 1. The Morgan fingerprint density at radius 2 is 1.92 bits per heavy atom. The van der Waals surface area contributed by atoms with E-state index < -0.39 is 5.97 Å². The smallest absolute Gasteiger partial charge is 0.363 e.